The van der Waals surface area contributed by atoms with Gasteiger partial charge in [0.25, 0.3) is 0 Å². The Morgan fingerprint density at radius 1 is 1.23 bits per heavy atom. The average Bonchev–Trinajstić information content (AvgIpc) is 2.47. The van der Waals surface area contributed by atoms with E-state index in [0.29, 0.717) is 30.5 Å². The lowest BCUT2D eigenvalue weighted by molar-refractivity contribution is -0.116. The highest BCUT2D eigenvalue weighted by atomic mass is 16.5. The molecule has 4 heteroatoms. The molecule has 0 unspecified atom stereocenters. The number of hydrogen-bond donors (Lipinski definition) is 1. The fourth-order valence-corrected chi connectivity index (χ4v) is 2.08. The molecule has 0 aliphatic rings. The van der Waals surface area contributed by atoms with Gasteiger partial charge in [-0.15, -0.1) is 0 Å². The second-order valence-electron chi connectivity index (χ2n) is 5.71. The number of anilines is 1. The number of carbonyl (C=O) groups excluding carboxylic acids is 1. The first kappa shape index (κ1) is 16.0. The lowest BCUT2D eigenvalue weighted by Crippen LogP contribution is -2.15. The summed E-state index contributed by atoms with van der Waals surface area (Å²) in [4.78, 5) is 16.1. The van der Waals surface area contributed by atoms with Gasteiger partial charge in [0, 0.05) is 12.6 Å². The van der Waals surface area contributed by atoms with E-state index in [-0.39, 0.29) is 5.91 Å². The lowest BCUT2D eigenvalue weighted by atomic mass is 10.1. The number of aryl methyl sites for hydroxylation is 1. The van der Waals surface area contributed by atoms with E-state index in [2.05, 4.69) is 10.3 Å². The molecule has 116 valence electrons. The molecule has 0 aliphatic carbocycles. The Hall–Kier alpha value is -2.36. The van der Waals surface area contributed by atoms with Crippen LogP contribution in [0, 0.1) is 12.8 Å². The zero-order chi connectivity index (χ0) is 15.9. The summed E-state index contributed by atoms with van der Waals surface area (Å²) in [6.45, 7) is 6.51. The third-order valence-electron chi connectivity index (χ3n) is 3.27. The zero-order valence-electron chi connectivity index (χ0n) is 13.3. The van der Waals surface area contributed by atoms with Crippen LogP contribution >= 0.6 is 0 Å². The quantitative estimate of drug-likeness (QED) is 0.878. The van der Waals surface area contributed by atoms with E-state index in [1.807, 2.05) is 51.1 Å². The minimum absolute atomic E-state index is 0.0468. The fraction of sp³-hybridized carbons (Fsp3) is 0.333. The van der Waals surface area contributed by atoms with Gasteiger partial charge in [0.2, 0.25) is 5.91 Å². The van der Waals surface area contributed by atoms with Crippen LogP contribution in [0.5, 0.6) is 5.75 Å². The molecule has 0 fully saturated rings. The normalized spacial score (nSPS) is 10.5. The molecule has 1 heterocycles. The number of pyridine rings is 1. The van der Waals surface area contributed by atoms with Crippen LogP contribution in [-0.2, 0) is 11.4 Å². The van der Waals surface area contributed by atoms with Crippen molar-refractivity contribution < 1.29 is 9.53 Å². The molecule has 1 N–H and O–H groups in total. The highest BCUT2D eigenvalue weighted by molar-refractivity contribution is 5.91. The molecular formula is C18H22N2O2. The van der Waals surface area contributed by atoms with Gasteiger partial charge < -0.3 is 10.1 Å². The summed E-state index contributed by atoms with van der Waals surface area (Å²) in [5.74, 6) is 1.32. The summed E-state index contributed by atoms with van der Waals surface area (Å²) < 4.78 is 5.83. The largest absolute Gasteiger partial charge is 0.485 e. The van der Waals surface area contributed by atoms with Crippen molar-refractivity contribution in [3.63, 3.8) is 0 Å². The number of carbonyl (C=O) groups is 1. The topological polar surface area (TPSA) is 51.2 Å². The average molecular weight is 298 g/mol. The van der Waals surface area contributed by atoms with Crippen LogP contribution in [0.4, 0.5) is 5.82 Å². The highest BCUT2D eigenvalue weighted by Gasteiger charge is 2.11. The smallest absolute Gasteiger partial charge is 0.225 e. The van der Waals surface area contributed by atoms with Gasteiger partial charge in [-0.25, -0.2) is 4.98 Å². The van der Waals surface area contributed by atoms with Crippen LogP contribution in [-0.4, -0.2) is 10.9 Å². The van der Waals surface area contributed by atoms with Crippen molar-refractivity contribution in [2.45, 2.75) is 33.8 Å². The summed E-state index contributed by atoms with van der Waals surface area (Å²) in [6.07, 6.45) is 2.11. The van der Waals surface area contributed by atoms with Crippen molar-refractivity contribution in [2.75, 3.05) is 5.32 Å². The van der Waals surface area contributed by atoms with Gasteiger partial charge in [-0.3, -0.25) is 4.79 Å². The van der Waals surface area contributed by atoms with Crippen molar-refractivity contribution in [1.82, 2.24) is 4.98 Å². The Balaban J connectivity index is 2.05. The second kappa shape index (κ2) is 7.59. The van der Waals surface area contributed by atoms with Gasteiger partial charge in [0.1, 0.15) is 6.61 Å². The molecule has 1 aromatic carbocycles. The van der Waals surface area contributed by atoms with Crippen molar-refractivity contribution in [1.29, 1.82) is 0 Å². The Morgan fingerprint density at radius 2 is 2.00 bits per heavy atom. The van der Waals surface area contributed by atoms with E-state index < -0.39 is 0 Å². The van der Waals surface area contributed by atoms with Crippen LogP contribution in [0.2, 0.25) is 0 Å². The minimum atomic E-state index is -0.0468. The number of ether oxygens (including phenoxy) is 1. The van der Waals surface area contributed by atoms with E-state index in [1.54, 1.807) is 12.3 Å². The molecule has 0 bridgehead atoms. The number of amides is 1. The maximum Gasteiger partial charge on any atom is 0.225 e. The number of benzene rings is 1. The van der Waals surface area contributed by atoms with E-state index in [9.17, 15) is 4.79 Å². The molecule has 0 radical (unpaired) electrons. The Bertz CT molecular complexity index is 638. The van der Waals surface area contributed by atoms with E-state index >= 15 is 0 Å². The molecule has 0 saturated carbocycles. The number of nitrogens with one attached hydrogen (secondary N) is 1. The summed E-state index contributed by atoms with van der Waals surface area (Å²) >= 11 is 0. The molecular weight excluding hydrogens is 276 g/mol. The minimum Gasteiger partial charge on any atom is -0.485 e. The zero-order valence-corrected chi connectivity index (χ0v) is 13.3. The molecule has 0 saturated heterocycles. The summed E-state index contributed by atoms with van der Waals surface area (Å²) in [6, 6.07) is 11.7. The molecule has 4 nitrogen and oxygen atoms in total. The standard InChI is InChI=1S/C18H22N2O2/c1-13(2)11-17(21)20-18-16(9-6-10-19-18)22-12-15-8-5-4-7-14(15)3/h4-10,13H,11-12H2,1-3H3,(H,19,20,21). The molecule has 0 spiro atoms. The first-order valence-electron chi connectivity index (χ1n) is 7.48. The van der Waals surface area contributed by atoms with Crippen LogP contribution in [0.3, 0.4) is 0 Å². The van der Waals surface area contributed by atoms with Gasteiger partial charge in [0.05, 0.1) is 0 Å². The Labute approximate surface area is 131 Å². The third kappa shape index (κ3) is 4.58. The third-order valence-corrected chi connectivity index (χ3v) is 3.27. The molecule has 0 aliphatic heterocycles. The molecule has 0 atom stereocenters. The highest BCUT2D eigenvalue weighted by Crippen LogP contribution is 2.23. The number of hydrogen-bond acceptors (Lipinski definition) is 3. The van der Waals surface area contributed by atoms with Gasteiger partial charge in [-0.05, 0) is 36.1 Å². The predicted molar refractivity (Wildman–Crippen MR) is 87.8 cm³/mol. The van der Waals surface area contributed by atoms with Gasteiger partial charge >= 0.3 is 0 Å². The first-order chi connectivity index (χ1) is 10.6. The van der Waals surface area contributed by atoms with Crippen molar-refractivity contribution >= 4 is 11.7 Å². The Morgan fingerprint density at radius 3 is 2.73 bits per heavy atom. The van der Waals surface area contributed by atoms with Crippen molar-refractivity contribution in [3.05, 3.63) is 53.7 Å². The van der Waals surface area contributed by atoms with Crippen LogP contribution in [0.25, 0.3) is 0 Å². The van der Waals surface area contributed by atoms with Crippen LogP contribution in [0.15, 0.2) is 42.6 Å². The van der Waals surface area contributed by atoms with Crippen molar-refractivity contribution in [2.24, 2.45) is 5.92 Å². The number of aromatic nitrogens is 1. The van der Waals surface area contributed by atoms with Gasteiger partial charge in [0.15, 0.2) is 11.6 Å². The van der Waals surface area contributed by atoms with Crippen LogP contribution in [0.1, 0.15) is 31.4 Å². The second-order valence-corrected chi connectivity index (χ2v) is 5.71. The lowest BCUT2D eigenvalue weighted by Gasteiger charge is -2.13. The van der Waals surface area contributed by atoms with Gasteiger partial charge in [-0.1, -0.05) is 38.1 Å². The first-order valence-corrected chi connectivity index (χ1v) is 7.48. The van der Waals surface area contributed by atoms with Crippen LogP contribution < -0.4 is 10.1 Å². The maximum absolute atomic E-state index is 11.9. The fourth-order valence-electron chi connectivity index (χ4n) is 2.08. The molecule has 22 heavy (non-hydrogen) atoms. The van der Waals surface area contributed by atoms with E-state index in [0.717, 1.165) is 5.56 Å². The summed E-state index contributed by atoms with van der Waals surface area (Å²) in [5.41, 5.74) is 2.29. The maximum atomic E-state index is 11.9. The summed E-state index contributed by atoms with van der Waals surface area (Å²) in [5, 5.41) is 2.82. The molecule has 1 aromatic heterocycles. The molecule has 2 aromatic rings. The number of nitrogens with zero attached hydrogens (tertiary/aromatic N) is 1. The van der Waals surface area contributed by atoms with E-state index in [4.69, 9.17) is 4.74 Å². The van der Waals surface area contributed by atoms with Crippen molar-refractivity contribution in [3.8, 4) is 5.75 Å². The van der Waals surface area contributed by atoms with E-state index in [1.165, 1.54) is 5.56 Å². The predicted octanol–water partition coefficient (Wildman–Crippen LogP) is 3.95. The SMILES string of the molecule is Cc1ccccc1COc1cccnc1NC(=O)CC(C)C. The molecule has 2 rings (SSSR count). The van der Waals surface area contributed by atoms with Gasteiger partial charge in [-0.2, -0.15) is 0 Å². The number of rotatable bonds is 6. The molecule has 1 amide bonds. The summed E-state index contributed by atoms with van der Waals surface area (Å²) in [7, 11) is 0. The monoisotopic (exact) mass is 298 g/mol. The Kier molecular flexibility index (Phi) is 5.53.